The molecule has 0 fully saturated rings. The van der Waals surface area contributed by atoms with Gasteiger partial charge in [0.15, 0.2) is 0 Å². The van der Waals surface area contributed by atoms with E-state index in [0.29, 0.717) is 0 Å². The first-order valence-electron chi connectivity index (χ1n) is 6.95. The second-order valence-corrected chi connectivity index (χ2v) is 4.51. The van der Waals surface area contributed by atoms with Gasteiger partial charge in [0, 0.05) is 0 Å². The third-order valence-corrected chi connectivity index (χ3v) is 2.81. The second kappa shape index (κ2) is 8.00. The first kappa shape index (κ1) is 14.1. The number of hydrogen-bond acceptors (Lipinski definition) is 3. The van der Waals surface area contributed by atoms with E-state index in [1.54, 1.807) is 6.21 Å². The quantitative estimate of drug-likeness (QED) is 0.461. The minimum atomic E-state index is 0.763. The van der Waals surface area contributed by atoms with Crippen molar-refractivity contribution in [2.45, 2.75) is 19.8 Å². The molecule has 0 amide bonds. The van der Waals surface area contributed by atoms with Crippen molar-refractivity contribution in [1.82, 2.24) is 0 Å². The number of benzene rings is 2. The maximum absolute atomic E-state index is 5.67. The van der Waals surface area contributed by atoms with Crippen LogP contribution < -0.4 is 10.2 Å². The van der Waals surface area contributed by atoms with Crippen LogP contribution in [0.3, 0.4) is 0 Å². The highest BCUT2D eigenvalue weighted by Gasteiger charge is 1.95. The van der Waals surface area contributed by atoms with Crippen molar-refractivity contribution in [2.75, 3.05) is 12.0 Å². The van der Waals surface area contributed by atoms with Gasteiger partial charge in [0.2, 0.25) is 0 Å². The molecule has 0 saturated heterocycles. The molecule has 0 aromatic heterocycles. The number of anilines is 1. The van der Waals surface area contributed by atoms with Crippen molar-refractivity contribution in [3.05, 3.63) is 60.2 Å². The second-order valence-electron chi connectivity index (χ2n) is 4.51. The molecule has 0 aliphatic rings. The molecule has 0 unspecified atom stereocenters. The zero-order chi connectivity index (χ0) is 14.0. The normalized spacial score (nSPS) is 10.7. The van der Waals surface area contributed by atoms with E-state index in [0.717, 1.165) is 36.4 Å². The number of nitrogens with zero attached hydrogens (tertiary/aromatic N) is 1. The number of nitrogens with one attached hydrogen (secondary N) is 1. The molecular formula is C17H20N2O. The average Bonchev–Trinajstić information content (AvgIpc) is 2.49. The lowest BCUT2D eigenvalue weighted by Gasteiger charge is -2.05. The van der Waals surface area contributed by atoms with Crippen molar-refractivity contribution >= 4 is 11.9 Å². The van der Waals surface area contributed by atoms with Crippen molar-refractivity contribution in [2.24, 2.45) is 5.10 Å². The Morgan fingerprint density at radius 2 is 1.95 bits per heavy atom. The number of unbranched alkanes of at least 4 members (excludes halogenated alkanes) is 1. The molecule has 0 aliphatic heterocycles. The van der Waals surface area contributed by atoms with E-state index in [-0.39, 0.29) is 0 Å². The molecule has 2 rings (SSSR count). The van der Waals surface area contributed by atoms with E-state index in [1.807, 2.05) is 54.6 Å². The van der Waals surface area contributed by atoms with Gasteiger partial charge in [-0.3, -0.25) is 5.43 Å². The summed E-state index contributed by atoms with van der Waals surface area (Å²) in [4.78, 5) is 0. The van der Waals surface area contributed by atoms with Gasteiger partial charge in [0.25, 0.3) is 0 Å². The Morgan fingerprint density at radius 1 is 1.10 bits per heavy atom. The smallest absolute Gasteiger partial charge is 0.119 e. The lowest BCUT2D eigenvalue weighted by Crippen LogP contribution is -1.97. The highest BCUT2D eigenvalue weighted by Crippen LogP contribution is 2.13. The molecule has 3 nitrogen and oxygen atoms in total. The van der Waals surface area contributed by atoms with E-state index in [4.69, 9.17) is 4.74 Å². The largest absolute Gasteiger partial charge is 0.494 e. The first-order valence-corrected chi connectivity index (χ1v) is 6.95. The summed E-state index contributed by atoms with van der Waals surface area (Å²) in [5, 5.41) is 4.22. The number of ether oxygens (including phenoxy) is 1. The van der Waals surface area contributed by atoms with E-state index in [1.165, 1.54) is 0 Å². The molecular weight excluding hydrogens is 248 g/mol. The maximum Gasteiger partial charge on any atom is 0.119 e. The fourth-order valence-electron chi connectivity index (χ4n) is 1.71. The predicted molar refractivity (Wildman–Crippen MR) is 84.5 cm³/mol. The van der Waals surface area contributed by atoms with Crippen molar-refractivity contribution in [3.63, 3.8) is 0 Å². The Morgan fingerprint density at radius 3 is 2.75 bits per heavy atom. The van der Waals surface area contributed by atoms with Crippen LogP contribution in [-0.4, -0.2) is 12.8 Å². The minimum absolute atomic E-state index is 0.763. The summed E-state index contributed by atoms with van der Waals surface area (Å²) in [6, 6.07) is 17.8. The molecule has 0 heterocycles. The number of para-hydroxylation sites is 1. The standard InChI is InChI=1S/C17H20N2O/c1-2-3-12-20-17-11-7-8-15(13-17)14-18-19-16-9-5-4-6-10-16/h4-11,13-14,19H,2-3,12H2,1H3. The van der Waals surface area contributed by atoms with Gasteiger partial charge in [-0.15, -0.1) is 0 Å². The molecule has 0 saturated carbocycles. The van der Waals surface area contributed by atoms with Crippen molar-refractivity contribution in [1.29, 1.82) is 0 Å². The monoisotopic (exact) mass is 268 g/mol. The van der Waals surface area contributed by atoms with Gasteiger partial charge in [0.05, 0.1) is 18.5 Å². The van der Waals surface area contributed by atoms with Gasteiger partial charge in [-0.2, -0.15) is 5.10 Å². The Labute approximate surface area is 120 Å². The van der Waals surface area contributed by atoms with Crippen LogP contribution in [0.4, 0.5) is 5.69 Å². The van der Waals surface area contributed by atoms with Crippen LogP contribution in [0.5, 0.6) is 5.75 Å². The zero-order valence-electron chi connectivity index (χ0n) is 11.8. The van der Waals surface area contributed by atoms with Crippen LogP contribution >= 0.6 is 0 Å². The Kier molecular flexibility index (Phi) is 5.65. The van der Waals surface area contributed by atoms with E-state index in [2.05, 4.69) is 17.5 Å². The topological polar surface area (TPSA) is 33.6 Å². The van der Waals surface area contributed by atoms with Crippen LogP contribution in [0.25, 0.3) is 0 Å². The zero-order valence-corrected chi connectivity index (χ0v) is 11.8. The van der Waals surface area contributed by atoms with Gasteiger partial charge in [-0.05, 0) is 36.2 Å². The van der Waals surface area contributed by atoms with Gasteiger partial charge >= 0.3 is 0 Å². The molecule has 0 bridgehead atoms. The number of hydrazone groups is 1. The minimum Gasteiger partial charge on any atom is -0.494 e. The Bertz CT molecular complexity index is 538. The van der Waals surface area contributed by atoms with E-state index < -0.39 is 0 Å². The van der Waals surface area contributed by atoms with E-state index >= 15 is 0 Å². The molecule has 3 heteroatoms. The highest BCUT2D eigenvalue weighted by molar-refractivity contribution is 5.80. The molecule has 2 aromatic carbocycles. The number of rotatable bonds is 7. The molecule has 1 N–H and O–H groups in total. The van der Waals surface area contributed by atoms with Crippen LogP contribution in [0.15, 0.2) is 59.7 Å². The summed E-state index contributed by atoms with van der Waals surface area (Å²) in [7, 11) is 0. The van der Waals surface area contributed by atoms with Gasteiger partial charge in [-0.25, -0.2) is 0 Å². The van der Waals surface area contributed by atoms with Crippen molar-refractivity contribution < 1.29 is 4.74 Å². The average molecular weight is 268 g/mol. The summed E-state index contributed by atoms with van der Waals surface area (Å²) < 4.78 is 5.67. The summed E-state index contributed by atoms with van der Waals surface area (Å²) in [6.07, 6.45) is 4.01. The van der Waals surface area contributed by atoms with Gasteiger partial charge in [-0.1, -0.05) is 43.7 Å². The molecule has 2 aromatic rings. The Hall–Kier alpha value is -2.29. The van der Waals surface area contributed by atoms with Gasteiger partial charge < -0.3 is 4.74 Å². The van der Waals surface area contributed by atoms with Crippen LogP contribution in [0.2, 0.25) is 0 Å². The molecule has 0 spiro atoms. The van der Waals surface area contributed by atoms with E-state index in [9.17, 15) is 0 Å². The summed E-state index contributed by atoms with van der Waals surface area (Å²) in [6.45, 7) is 2.92. The fraction of sp³-hybridized carbons (Fsp3) is 0.235. The molecule has 0 aliphatic carbocycles. The number of hydrogen-bond donors (Lipinski definition) is 1. The molecule has 0 atom stereocenters. The molecule has 0 radical (unpaired) electrons. The van der Waals surface area contributed by atoms with Crippen LogP contribution in [-0.2, 0) is 0 Å². The predicted octanol–water partition coefficient (Wildman–Crippen LogP) is 4.31. The maximum atomic E-state index is 5.67. The summed E-state index contributed by atoms with van der Waals surface area (Å²) >= 11 is 0. The van der Waals surface area contributed by atoms with Crippen LogP contribution in [0, 0.1) is 0 Å². The molecule has 20 heavy (non-hydrogen) atoms. The fourth-order valence-corrected chi connectivity index (χ4v) is 1.71. The van der Waals surface area contributed by atoms with Crippen LogP contribution in [0.1, 0.15) is 25.3 Å². The third kappa shape index (κ3) is 4.76. The summed E-state index contributed by atoms with van der Waals surface area (Å²) in [5.41, 5.74) is 4.98. The summed E-state index contributed by atoms with van der Waals surface area (Å²) in [5.74, 6) is 0.891. The molecule has 104 valence electrons. The van der Waals surface area contributed by atoms with Gasteiger partial charge in [0.1, 0.15) is 5.75 Å². The highest BCUT2D eigenvalue weighted by atomic mass is 16.5. The first-order chi connectivity index (χ1) is 9.88. The third-order valence-electron chi connectivity index (χ3n) is 2.81. The lowest BCUT2D eigenvalue weighted by atomic mass is 10.2. The SMILES string of the molecule is CCCCOc1cccc(C=NNc2ccccc2)c1. The van der Waals surface area contributed by atoms with Crippen molar-refractivity contribution in [3.8, 4) is 5.75 Å². The lowest BCUT2D eigenvalue weighted by molar-refractivity contribution is 0.309. The Balaban J connectivity index is 1.90.